The van der Waals surface area contributed by atoms with Crippen molar-refractivity contribution >= 4 is 11.6 Å². The van der Waals surface area contributed by atoms with Crippen molar-refractivity contribution in [3.63, 3.8) is 0 Å². The Balaban J connectivity index is 1.73. The van der Waals surface area contributed by atoms with Gasteiger partial charge in [0.15, 0.2) is 0 Å². The lowest BCUT2D eigenvalue weighted by molar-refractivity contribution is -0.138. The van der Waals surface area contributed by atoms with Crippen molar-refractivity contribution in [2.24, 2.45) is 0 Å². The van der Waals surface area contributed by atoms with Crippen LogP contribution in [-0.2, 0) is 17.5 Å². The van der Waals surface area contributed by atoms with Gasteiger partial charge >= 0.3 is 6.18 Å². The second kappa shape index (κ2) is 7.70. The summed E-state index contributed by atoms with van der Waals surface area (Å²) in [6.07, 6.45) is -3.94. The molecule has 1 aliphatic rings. The average molecular weight is 414 g/mol. The maximum atomic E-state index is 13.3. The van der Waals surface area contributed by atoms with Crippen molar-refractivity contribution in [2.75, 3.05) is 11.5 Å². The van der Waals surface area contributed by atoms with Crippen LogP contribution in [0.4, 0.5) is 18.9 Å². The summed E-state index contributed by atoms with van der Waals surface area (Å²) in [4.78, 5) is 26.9. The summed E-state index contributed by atoms with van der Waals surface area (Å²) >= 11 is 0. The topological polar surface area (TPSA) is 51.5 Å². The minimum Gasteiger partial charge on any atom is -0.489 e. The van der Waals surface area contributed by atoms with Crippen molar-refractivity contribution in [3.8, 4) is 5.75 Å². The van der Waals surface area contributed by atoms with Crippen molar-refractivity contribution in [2.45, 2.75) is 18.8 Å². The van der Waals surface area contributed by atoms with E-state index in [0.717, 1.165) is 16.2 Å². The third-order valence-corrected chi connectivity index (χ3v) is 4.90. The first-order valence-corrected chi connectivity index (χ1v) is 9.21. The lowest BCUT2D eigenvalue weighted by Crippen LogP contribution is -2.43. The van der Waals surface area contributed by atoms with E-state index in [1.54, 1.807) is 24.3 Å². The van der Waals surface area contributed by atoms with Gasteiger partial charge in [-0.15, -0.1) is 0 Å². The molecule has 0 saturated heterocycles. The van der Waals surface area contributed by atoms with E-state index in [0.29, 0.717) is 23.7 Å². The molecule has 1 amide bonds. The fourth-order valence-corrected chi connectivity index (χ4v) is 3.46. The van der Waals surface area contributed by atoms with Crippen molar-refractivity contribution in [3.05, 3.63) is 94.4 Å². The van der Waals surface area contributed by atoms with Crippen LogP contribution in [0.3, 0.4) is 0 Å². The van der Waals surface area contributed by atoms with Crippen LogP contribution in [0.5, 0.6) is 5.75 Å². The van der Waals surface area contributed by atoms with E-state index in [1.165, 1.54) is 4.90 Å². The number of rotatable bonds is 3. The molecule has 4 rings (SSSR count). The smallest absolute Gasteiger partial charge is 0.417 e. The fourth-order valence-electron chi connectivity index (χ4n) is 3.46. The van der Waals surface area contributed by atoms with Gasteiger partial charge in [-0.2, -0.15) is 13.2 Å². The maximum absolute atomic E-state index is 13.3. The van der Waals surface area contributed by atoms with Crippen molar-refractivity contribution in [1.82, 2.24) is 4.57 Å². The van der Waals surface area contributed by atoms with Gasteiger partial charge in [0, 0.05) is 12.3 Å². The molecule has 0 aliphatic carbocycles. The number of aromatic nitrogens is 1. The van der Waals surface area contributed by atoms with Crippen LogP contribution < -0.4 is 15.2 Å². The molecule has 1 aromatic heterocycles. The number of para-hydroxylation sites is 2. The largest absolute Gasteiger partial charge is 0.489 e. The van der Waals surface area contributed by atoms with Gasteiger partial charge in [0.05, 0.1) is 17.3 Å². The van der Waals surface area contributed by atoms with Crippen LogP contribution in [0.1, 0.15) is 17.2 Å². The molecular formula is C22H17F3N2O3. The molecule has 0 bridgehead atoms. The Hall–Kier alpha value is -3.55. The van der Waals surface area contributed by atoms with Gasteiger partial charge < -0.3 is 9.30 Å². The zero-order valence-corrected chi connectivity index (χ0v) is 15.7. The van der Waals surface area contributed by atoms with Gasteiger partial charge in [0.1, 0.15) is 18.9 Å². The Morgan fingerprint density at radius 2 is 1.70 bits per heavy atom. The molecule has 2 heterocycles. The quantitative estimate of drug-likeness (QED) is 0.650. The third kappa shape index (κ3) is 3.80. The summed E-state index contributed by atoms with van der Waals surface area (Å²) in [5, 5.41) is 0. The van der Waals surface area contributed by atoms with Gasteiger partial charge in [-0.25, -0.2) is 0 Å². The molecule has 2 aromatic carbocycles. The highest BCUT2D eigenvalue weighted by Gasteiger charge is 2.34. The Morgan fingerprint density at radius 3 is 2.43 bits per heavy atom. The van der Waals surface area contributed by atoms with Crippen LogP contribution in [0, 0.1) is 0 Å². The third-order valence-electron chi connectivity index (χ3n) is 4.90. The number of carbonyl (C=O) groups is 1. The molecule has 154 valence electrons. The van der Waals surface area contributed by atoms with Crippen molar-refractivity contribution < 1.29 is 22.7 Å². The van der Waals surface area contributed by atoms with E-state index in [9.17, 15) is 22.8 Å². The molecule has 1 atom stereocenters. The molecule has 3 aromatic rings. The Bertz CT molecular complexity index is 1130. The molecular weight excluding hydrogens is 397 g/mol. The molecule has 0 fully saturated rings. The lowest BCUT2D eigenvalue weighted by Gasteiger charge is -2.37. The van der Waals surface area contributed by atoms with E-state index in [-0.39, 0.29) is 6.61 Å². The normalized spacial score (nSPS) is 16.0. The van der Waals surface area contributed by atoms with Gasteiger partial charge in [-0.05, 0) is 23.8 Å². The first-order chi connectivity index (χ1) is 14.3. The summed E-state index contributed by atoms with van der Waals surface area (Å²) in [5.74, 6) is -0.0181. The Labute approximate surface area is 169 Å². The number of fused-ring (bicyclic) bond motifs is 1. The number of benzene rings is 2. The number of pyridine rings is 1. The molecule has 8 heteroatoms. The van der Waals surface area contributed by atoms with E-state index in [4.69, 9.17) is 4.74 Å². The molecule has 5 nitrogen and oxygen atoms in total. The Morgan fingerprint density at radius 1 is 1.00 bits per heavy atom. The van der Waals surface area contributed by atoms with Gasteiger partial charge in [0.25, 0.3) is 5.56 Å². The number of alkyl halides is 3. The number of hydrogen-bond acceptors (Lipinski definition) is 3. The summed E-state index contributed by atoms with van der Waals surface area (Å²) in [6, 6.07) is 17.2. The molecule has 0 saturated carbocycles. The van der Waals surface area contributed by atoms with Crippen LogP contribution in [0.15, 0.2) is 77.7 Å². The standard InChI is InChI=1S/C22H17F3N2O3/c23-22(24,25)16-10-11-20(28)26(12-16)13-21(29)27-17-8-4-5-9-19(17)30-14-18(27)15-6-2-1-3-7-15/h1-12,18H,13-14H2/t18-/m1/s1. The summed E-state index contributed by atoms with van der Waals surface area (Å²) < 4.78 is 45.7. The van der Waals surface area contributed by atoms with Crippen LogP contribution >= 0.6 is 0 Å². The Kier molecular flexibility index (Phi) is 5.07. The van der Waals surface area contributed by atoms with Crippen LogP contribution in [0.2, 0.25) is 0 Å². The van der Waals surface area contributed by atoms with Crippen LogP contribution in [0.25, 0.3) is 0 Å². The maximum Gasteiger partial charge on any atom is 0.417 e. The molecule has 1 aliphatic heterocycles. The summed E-state index contributed by atoms with van der Waals surface area (Å²) in [6.45, 7) is -0.343. The minimum absolute atomic E-state index is 0.185. The molecule has 0 radical (unpaired) electrons. The highest BCUT2D eigenvalue weighted by Crippen LogP contribution is 2.39. The van der Waals surface area contributed by atoms with E-state index < -0.39 is 35.8 Å². The number of anilines is 1. The summed E-state index contributed by atoms with van der Waals surface area (Å²) in [7, 11) is 0. The number of carbonyl (C=O) groups excluding carboxylic acids is 1. The second-order valence-corrected chi connectivity index (χ2v) is 6.85. The first kappa shape index (κ1) is 19.8. The van der Waals surface area contributed by atoms with Crippen molar-refractivity contribution in [1.29, 1.82) is 0 Å². The lowest BCUT2D eigenvalue weighted by atomic mass is 10.0. The first-order valence-electron chi connectivity index (χ1n) is 9.21. The number of amides is 1. The average Bonchev–Trinajstić information content (AvgIpc) is 2.74. The van der Waals surface area contributed by atoms with E-state index >= 15 is 0 Å². The monoisotopic (exact) mass is 414 g/mol. The highest BCUT2D eigenvalue weighted by molar-refractivity contribution is 5.96. The predicted molar refractivity (Wildman–Crippen MR) is 104 cm³/mol. The minimum atomic E-state index is -4.61. The molecule has 30 heavy (non-hydrogen) atoms. The van der Waals surface area contributed by atoms with Gasteiger partial charge in [0.2, 0.25) is 5.91 Å². The second-order valence-electron chi connectivity index (χ2n) is 6.85. The molecule has 0 unspecified atom stereocenters. The molecule has 0 spiro atoms. The van der Waals surface area contributed by atoms with Gasteiger partial charge in [-0.3, -0.25) is 14.5 Å². The van der Waals surface area contributed by atoms with E-state index in [1.807, 2.05) is 30.3 Å². The predicted octanol–water partition coefficient (Wildman–Crippen LogP) is 4.03. The number of halogens is 3. The van der Waals surface area contributed by atoms with Crippen LogP contribution in [-0.4, -0.2) is 17.1 Å². The van der Waals surface area contributed by atoms with Gasteiger partial charge in [-0.1, -0.05) is 42.5 Å². The fraction of sp³-hybridized carbons (Fsp3) is 0.182. The zero-order chi connectivity index (χ0) is 21.3. The SMILES string of the molecule is O=C(Cn1cc(C(F)(F)F)ccc1=O)N1c2ccccc2OC[C@@H]1c1ccccc1. The summed E-state index contributed by atoms with van der Waals surface area (Å²) in [5.41, 5.74) is -0.356. The number of hydrogen-bond donors (Lipinski definition) is 0. The zero-order valence-electron chi connectivity index (χ0n) is 15.7. The number of ether oxygens (including phenoxy) is 1. The highest BCUT2D eigenvalue weighted by atomic mass is 19.4. The molecule has 0 N–H and O–H groups in total. The number of nitrogens with zero attached hydrogens (tertiary/aromatic N) is 2. The van der Waals surface area contributed by atoms with E-state index in [2.05, 4.69) is 0 Å².